The van der Waals surface area contributed by atoms with E-state index in [0.717, 1.165) is 6.42 Å². The van der Waals surface area contributed by atoms with Crippen molar-refractivity contribution in [3.63, 3.8) is 0 Å². The van der Waals surface area contributed by atoms with E-state index in [1.165, 1.54) is 15.5 Å². The van der Waals surface area contributed by atoms with Gasteiger partial charge in [-0.3, -0.25) is 4.79 Å². The zero-order valence-corrected chi connectivity index (χ0v) is 14.2. The lowest BCUT2D eigenvalue weighted by Crippen LogP contribution is -2.48. The van der Waals surface area contributed by atoms with E-state index >= 15 is 0 Å². The molecule has 0 aromatic carbocycles. The average molecular weight is 366 g/mol. The molecule has 2 aromatic heterocycles. The van der Waals surface area contributed by atoms with Gasteiger partial charge in [-0.2, -0.15) is 4.98 Å². The van der Waals surface area contributed by atoms with Gasteiger partial charge in [0.05, 0.1) is 6.04 Å². The van der Waals surface area contributed by atoms with Crippen molar-refractivity contribution in [2.75, 3.05) is 13.2 Å². The minimum Gasteiger partial charge on any atom is -0.477 e. The summed E-state index contributed by atoms with van der Waals surface area (Å²) in [6.07, 6.45) is 0.0472. The molecule has 1 N–H and O–H groups in total. The zero-order chi connectivity index (χ0) is 17.7. The fraction of sp³-hybridized carbons (Fsp3) is 0.438. The van der Waals surface area contributed by atoms with Gasteiger partial charge in [-0.25, -0.2) is 4.79 Å². The molecular weight excluding hydrogens is 350 g/mol. The summed E-state index contributed by atoms with van der Waals surface area (Å²) in [5.41, 5.74) is 0.280. The molecule has 9 heteroatoms. The minimum atomic E-state index is -0.969. The summed E-state index contributed by atoms with van der Waals surface area (Å²) in [5.74, 6) is 0.544. The average Bonchev–Trinajstić information content (AvgIpc) is 3.07. The smallest absolute Gasteiger partial charge is 0.407 e. The number of nitrogens with zero attached hydrogens (tertiary/aromatic N) is 3. The van der Waals surface area contributed by atoms with Crippen LogP contribution in [0.1, 0.15) is 12.8 Å². The first-order chi connectivity index (χ1) is 12.0. The molecule has 1 saturated heterocycles. The number of carboxylic acid groups (broad SMARTS) is 1. The molecule has 132 valence electrons. The van der Waals surface area contributed by atoms with Gasteiger partial charge in [0.15, 0.2) is 6.10 Å². The van der Waals surface area contributed by atoms with Crippen molar-refractivity contribution in [2.24, 2.45) is 7.05 Å². The molecule has 4 rings (SSSR count). The van der Waals surface area contributed by atoms with Crippen molar-refractivity contribution >= 4 is 28.6 Å². The van der Waals surface area contributed by atoms with Crippen LogP contribution in [0.2, 0.25) is 5.15 Å². The molecule has 0 aliphatic carbocycles. The Morgan fingerprint density at radius 1 is 1.44 bits per heavy atom. The number of halogens is 1. The van der Waals surface area contributed by atoms with Crippen LogP contribution in [0.5, 0.6) is 11.6 Å². The number of likely N-dealkylation sites (tertiary alicyclic amines) is 1. The first-order valence-electron chi connectivity index (χ1n) is 7.95. The summed E-state index contributed by atoms with van der Waals surface area (Å²) in [6, 6.07) is 2.71. The number of fused-ring (bicyclic) bond motifs is 3. The fourth-order valence-electron chi connectivity index (χ4n) is 3.54. The number of ether oxygens (including phenoxy) is 2. The molecule has 0 radical (unpaired) electrons. The van der Waals surface area contributed by atoms with E-state index in [9.17, 15) is 14.7 Å². The monoisotopic (exact) mass is 365 g/mol. The fourth-order valence-corrected chi connectivity index (χ4v) is 3.76. The summed E-state index contributed by atoms with van der Waals surface area (Å²) in [5, 5.41) is 10.2. The van der Waals surface area contributed by atoms with Gasteiger partial charge in [-0.15, -0.1) is 0 Å². The Morgan fingerprint density at radius 3 is 3.00 bits per heavy atom. The topological polar surface area (TPSA) is 93.9 Å². The van der Waals surface area contributed by atoms with Crippen LogP contribution in [0.3, 0.4) is 0 Å². The predicted molar refractivity (Wildman–Crippen MR) is 89.7 cm³/mol. The van der Waals surface area contributed by atoms with Crippen molar-refractivity contribution in [2.45, 2.75) is 25.0 Å². The second kappa shape index (κ2) is 5.80. The van der Waals surface area contributed by atoms with Crippen LogP contribution in [0.25, 0.3) is 10.9 Å². The third-order valence-corrected chi connectivity index (χ3v) is 5.06. The highest BCUT2D eigenvalue weighted by Crippen LogP contribution is 2.40. The molecule has 0 bridgehead atoms. The second-order valence-corrected chi connectivity index (χ2v) is 6.54. The van der Waals surface area contributed by atoms with Gasteiger partial charge in [-0.1, -0.05) is 11.6 Å². The van der Waals surface area contributed by atoms with E-state index < -0.39 is 12.2 Å². The van der Waals surface area contributed by atoms with Crippen LogP contribution in [0.4, 0.5) is 4.79 Å². The number of hydrogen-bond acceptors (Lipinski definition) is 5. The maximum absolute atomic E-state index is 12.0. The van der Waals surface area contributed by atoms with Gasteiger partial charge < -0.3 is 24.0 Å². The Bertz CT molecular complexity index is 928. The molecule has 2 aliphatic heterocycles. The van der Waals surface area contributed by atoms with Crippen LogP contribution >= 0.6 is 11.6 Å². The van der Waals surface area contributed by atoms with Crippen LogP contribution < -0.4 is 15.0 Å². The lowest BCUT2D eigenvalue weighted by Gasteiger charge is -2.33. The van der Waals surface area contributed by atoms with Crippen molar-refractivity contribution in [3.05, 3.63) is 27.6 Å². The van der Waals surface area contributed by atoms with Crippen molar-refractivity contribution < 1.29 is 19.4 Å². The number of rotatable bonds is 1. The maximum atomic E-state index is 12.0. The Balaban J connectivity index is 1.80. The molecule has 2 atom stereocenters. The SMILES string of the molecule is Cn1c(=O)ccc2c(Cl)nc3c(c21)O[C@H]([C@H]1CCCN1C(=O)O)CO3. The maximum Gasteiger partial charge on any atom is 0.407 e. The normalized spacial score (nSPS) is 22.4. The molecule has 1 fully saturated rings. The Labute approximate surface area is 147 Å². The molecule has 8 nitrogen and oxygen atoms in total. The summed E-state index contributed by atoms with van der Waals surface area (Å²) in [6.45, 7) is 0.655. The molecule has 1 amide bonds. The number of aromatic nitrogens is 2. The number of amides is 1. The third kappa shape index (κ3) is 2.48. The van der Waals surface area contributed by atoms with E-state index in [-0.39, 0.29) is 29.2 Å². The van der Waals surface area contributed by atoms with E-state index in [1.54, 1.807) is 13.1 Å². The highest BCUT2D eigenvalue weighted by Gasteiger charge is 2.39. The summed E-state index contributed by atoms with van der Waals surface area (Å²) < 4.78 is 13.2. The lowest BCUT2D eigenvalue weighted by atomic mass is 10.1. The van der Waals surface area contributed by atoms with E-state index in [2.05, 4.69) is 4.98 Å². The predicted octanol–water partition coefficient (Wildman–Crippen LogP) is 1.87. The Hall–Kier alpha value is -2.48. The quantitative estimate of drug-likeness (QED) is 0.775. The van der Waals surface area contributed by atoms with Gasteiger partial charge >= 0.3 is 6.09 Å². The number of carbonyl (C=O) groups is 1. The lowest BCUT2D eigenvalue weighted by molar-refractivity contribution is 0.0295. The summed E-state index contributed by atoms with van der Waals surface area (Å²) >= 11 is 6.20. The van der Waals surface area contributed by atoms with Crippen molar-refractivity contribution in [1.82, 2.24) is 14.5 Å². The minimum absolute atomic E-state index is 0.178. The van der Waals surface area contributed by atoms with Gasteiger partial charge in [-0.05, 0) is 18.9 Å². The van der Waals surface area contributed by atoms with Gasteiger partial charge in [0, 0.05) is 25.0 Å². The first-order valence-corrected chi connectivity index (χ1v) is 8.33. The van der Waals surface area contributed by atoms with E-state index in [0.29, 0.717) is 29.6 Å². The molecule has 2 aromatic rings. The van der Waals surface area contributed by atoms with Crippen LogP contribution in [0, 0.1) is 0 Å². The highest BCUT2D eigenvalue weighted by atomic mass is 35.5. The highest BCUT2D eigenvalue weighted by molar-refractivity contribution is 6.34. The summed E-state index contributed by atoms with van der Waals surface area (Å²) in [7, 11) is 1.62. The van der Waals surface area contributed by atoms with Crippen molar-refractivity contribution in [3.8, 4) is 11.6 Å². The molecule has 0 unspecified atom stereocenters. The van der Waals surface area contributed by atoms with Crippen LogP contribution in [0.15, 0.2) is 16.9 Å². The molecule has 4 heterocycles. The van der Waals surface area contributed by atoms with Gasteiger partial charge in [0.2, 0.25) is 5.75 Å². The molecule has 0 saturated carbocycles. The van der Waals surface area contributed by atoms with Gasteiger partial charge in [0.25, 0.3) is 11.4 Å². The standard InChI is InChI=1S/C16H16ClN3O5/c1-19-11(21)5-4-8-12(19)13-15(18-14(8)17)24-7-10(25-13)9-3-2-6-20(9)16(22)23/h4-5,9-10H,2-3,6-7H2,1H3,(H,22,23)/t9-,10+/m1/s1. The molecule has 2 aliphatic rings. The molecule has 0 spiro atoms. The van der Waals surface area contributed by atoms with Crippen LogP contribution in [-0.4, -0.2) is 50.9 Å². The summed E-state index contributed by atoms with van der Waals surface area (Å²) in [4.78, 5) is 29.0. The third-order valence-electron chi connectivity index (χ3n) is 4.77. The Kier molecular flexibility index (Phi) is 3.72. The number of pyridine rings is 2. The van der Waals surface area contributed by atoms with Crippen molar-refractivity contribution in [1.29, 1.82) is 0 Å². The van der Waals surface area contributed by atoms with Crippen LogP contribution in [-0.2, 0) is 7.05 Å². The molecule has 25 heavy (non-hydrogen) atoms. The first kappa shape index (κ1) is 16.0. The van der Waals surface area contributed by atoms with E-state index in [4.69, 9.17) is 21.1 Å². The number of hydrogen-bond donors (Lipinski definition) is 1. The van der Waals surface area contributed by atoms with E-state index in [1.807, 2.05) is 0 Å². The largest absolute Gasteiger partial charge is 0.477 e. The van der Waals surface area contributed by atoms with Gasteiger partial charge in [0.1, 0.15) is 17.3 Å². The molecular formula is C16H16ClN3O5. The Morgan fingerprint density at radius 2 is 2.24 bits per heavy atom. The second-order valence-electron chi connectivity index (χ2n) is 6.18. The number of aryl methyl sites for hydroxylation is 1. The zero-order valence-electron chi connectivity index (χ0n) is 13.4.